The number of hydrogen-bond acceptors (Lipinski definition) is 4. The van der Waals surface area contributed by atoms with Crippen LogP contribution in [0.4, 0.5) is 0 Å². The summed E-state index contributed by atoms with van der Waals surface area (Å²) in [5, 5.41) is 5.34. The molecule has 0 saturated heterocycles. The van der Waals surface area contributed by atoms with E-state index in [0.717, 1.165) is 4.88 Å². The van der Waals surface area contributed by atoms with E-state index in [4.69, 9.17) is 0 Å². The second-order valence-corrected chi connectivity index (χ2v) is 7.43. The molecule has 1 heterocycles. The Balaban J connectivity index is 2.41. The summed E-state index contributed by atoms with van der Waals surface area (Å²) in [7, 11) is 1.53. The highest BCUT2D eigenvalue weighted by molar-refractivity contribution is 7.13. The lowest BCUT2D eigenvalue weighted by molar-refractivity contribution is -0.134. The molecule has 1 rings (SSSR count). The number of rotatable bonds is 5. The Labute approximate surface area is 134 Å². The van der Waals surface area contributed by atoms with Crippen LogP contribution in [0.25, 0.3) is 0 Å². The van der Waals surface area contributed by atoms with E-state index in [-0.39, 0.29) is 36.3 Å². The minimum Gasteiger partial charge on any atom is -0.350 e. The van der Waals surface area contributed by atoms with E-state index in [9.17, 15) is 14.4 Å². The van der Waals surface area contributed by atoms with Crippen molar-refractivity contribution in [3.8, 4) is 0 Å². The lowest BCUT2D eigenvalue weighted by Crippen LogP contribution is -2.47. The number of nitrogens with zero attached hydrogens (tertiary/aromatic N) is 1. The first-order valence-corrected chi connectivity index (χ1v) is 7.80. The first-order chi connectivity index (χ1) is 10.1. The molecule has 0 aromatic carbocycles. The molecule has 6 nitrogen and oxygen atoms in total. The maximum atomic E-state index is 11.9. The Kier molecular flexibility index (Phi) is 6.11. The van der Waals surface area contributed by atoms with Crippen LogP contribution in [0, 0.1) is 6.92 Å². The molecule has 0 fully saturated rings. The molecule has 0 unspecified atom stereocenters. The first kappa shape index (κ1) is 18.2. The van der Waals surface area contributed by atoms with Gasteiger partial charge in [-0.15, -0.1) is 11.3 Å². The Morgan fingerprint density at radius 2 is 1.86 bits per heavy atom. The molecular formula is C15H23N3O3S. The molecule has 3 amide bonds. The molecule has 0 aliphatic heterocycles. The van der Waals surface area contributed by atoms with E-state index in [1.165, 1.54) is 23.3 Å². The highest BCUT2D eigenvalue weighted by Gasteiger charge is 2.18. The summed E-state index contributed by atoms with van der Waals surface area (Å²) in [6.45, 7) is 7.36. The summed E-state index contributed by atoms with van der Waals surface area (Å²) >= 11 is 1.37. The maximum Gasteiger partial charge on any atom is 0.261 e. The Morgan fingerprint density at radius 3 is 2.36 bits per heavy atom. The van der Waals surface area contributed by atoms with Crippen LogP contribution >= 0.6 is 11.3 Å². The van der Waals surface area contributed by atoms with Gasteiger partial charge in [-0.1, -0.05) is 0 Å². The maximum absolute atomic E-state index is 11.9. The number of nitrogens with one attached hydrogen (secondary N) is 2. The zero-order valence-electron chi connectivity index (χ0n) is 13.6. The minimum absolute atomic E-state index is 0.0376. The van der Waals surface area contributed by atoms with E-state index in [0.29, 0.717) is 4.88 Å². The van der Waals surface area contributed by atoms with E-state index in [1.807, 2.05) is 33.8 Å². The van der Waals surface area contributed by atoms with Crippen molar-refractivity contribution in [1.29, 1.82) is 0 Å². The molecule has 0 spiro atoms. The standard InChI is InChI=1S/C15H23N3O3S/c1-10-6-7-11(22-10)14(21)16-8-13(20)18(5)9-12(19)17-15(2,3)4/h6-7H,8-9H2,1-5H3,(H,16,21)(H,17,19). The molecule has 0 aliphatic carbocycles. The van der Waals surface area contributed by atoms with Crippen LogP contribution in [0.1, 0.15) is 35.3 Å². The van der Waals surface area contributed by atoms with Crippen molar-refractivity contribution in [2.75, 3.05) is 20.1 Å². The third kappa shape index (κ3) is 6.26. The summed E-state index contributed by atoms with van der Waals surface area (Å²) in [6, 6.07) is 3.57. The van der Waals surface area contributed by atoms with Gasteiger partial charge in [-0.2, -0.15) is 0 Å². The highest BCUT2D eigenvalue weighted by Crippen LogP contribution is 2.14. The second-order valence-electron chi connectivity index (χ2n) is 6.14. The van der Waals surface area contributed by atoms with Gasteiger partial charge in [-0.25, -0.2) is 0 Å². The molecule has 0 atom stereocenters. The quantitative estimate of drug-likeness (QED) is 0.853. The molecule has 1 aromatic heterocycles. The summed E-state index contributed by atoms with van der Waals surface area (Å²) in [4.78, 5) is 38.4. The van der Waals surface area contributed by atoms with Gasteiger partial charge in [0.05, 0.1) is 18.0 Å². The van der Waals surface area contributed by atoms with Crippen LogP contribution in [0.5, 0.6) is 0 Å². The van der Waals surface area contributed by atoms with Gasteiger partial charge in [0.25, 0.3) is 5.91 Å². The Morgan fingerprint density at radius 1 is 1.23 bits per heavy atom. The lowest BCUT2D eigenvalue weighted by atomic mass is 10.1. The van der Waals surface area contributed by atoms with Gasteiger partial charge in [-0.05, 0) is 39.8 Å². The first-order valence-electron chi connectivity index (χ1n) is 6.98. The lowest BCUT2D eigenvalue weighted by Gasteiger charge is -2.23. The number of thiophene rings is 1. The molecule has 0 aliphatic rings. The molecule has 22 heavy (non-hydrogen) atoms. The topological polar surface area (TPSA) is 78.5 Å². The number of carbonyl (C=O) groups is 3. The molecule has 122 valence electrons. The van der Waals surface area contributed by atoms with Crippen LogP contribution in [-0.2, 0) is 9.59 Å². The van der Waals surface area contributed by atoms with Crippen LogP contribution in [0.2, 0.25) is 0 Å². The van der Waals surface area contributed by atoms with Gasteiger partial charge in [0.2, 0.25) is 11.8 Å². The van der Waals surface area contributed by atoms with Gasteiger partial charge in [0.1, 0.15) is 0 Å². The third-order valence-corrected chi connectivity index (χ3v) is 3.68. The largest absolute Gasteiger partial charge is 0.350 e. The fourth-order valence-corrected chi connectivity index (χ4v) is 2.48. The summed E-state index contributed by atoms with van der Waals surface area (Å²) < 4.78 is 0. The van der Waals surface area contributed by atoms with Gasteiger partial charge in [-0.3, -0.25) is 14.4 Å². The van der Waals surface area contributed by atoms with Gasteiger partial charge in [0, 0.05) is 17.5 Å². The molecule has 2 N–H and O–H groups in total. The number of hydrogen-bond donors (Lipinski definition) is 2. The monoisotopic (exact) mass is 325 g/mol. The van der Waals surface area contributed by atoms with E-state index in [2.05, 4.69) is 10.6 Å². The van der Waals surface area contributed by atoms with Crippen LogP contribution in [0.3, 0.4) is 0 Å². The molecule has 0 radical (unpaired) electrons. The van der Waals surface area contributed by atoms with Crippen LogP contribution in [0.15, 0.2) is 12.1 Å². The number of aryl methyl sites for hydroxylation is 1. The van der Waals surface area contributed by atoms with E-state index >= 15 is 0 Å². The molecular weight excluding hydrogens is 302 g/mol. The van der Waals surface area contributed by atoms with Crippen molar-refractivity contribution in [3.63, 3.8) is 0 Å². The van der Waals surface area contributed by atoms with E-state index < -0.39 is 0 Å². The summed E-state index contributed by atoms with van der Waals surface area (Å²) in [5.41, 5.74) is -0.341. The van der Waals surface area contributed by atoms with Crippen molar-refractivity contribution in [1.82, 2.24) is 15.5 Å². The predicted molar refractivity (Wildman–Crippen MR) is 86.9 cm³/mol. The fraction of sp³-hybridized carbons (Fsp3) is 0.533. The highest BCUT2D eigenvalue weighted by atomic mass is 32.1. The fourth-order valence-electron chi connectivity index (χ4n) is 1.70. The van der Waals surface area contributed by atoms with Crippen LogP contribution < -0.4 is 10.6 Å². The van der Waals surface area contributed by atoms with Crippen molar-refractivity contribution >= 4 is 29.1 Å². The summed E-state index contributed by atoms with van der Waals surface area (Å²) in [6.07, 6.45) is 0. The Hall–Kier alpha value is -1.89. The molecule has 0 bridgehead atoms. The smallest absolute Gasteiger partial charge is 0.261 e. The second kappa shape index (κ2) is 7.40. The van der Waals surface area contributed by atoms with Crippen molar-refractivity contribution in [3.05, 3.63) is 21.9 Å². The zero-order valence-corrected chi connectivity index (χ0v) is 14.5. The zero-order chi connectivity index (χ0) is 16.9. The predicted octanol–water partition coefficient (Wildman–Crippen LogP) is 1.16. The molecule has 0 saturated carbocycles. The minimum atomic E-state index is -0.341. The SMILES string of the molecule is Cc1ccc(C(=O)NCC(=O)N(C)CC(=O)NC(C)(C)C)s1. The van der Waals surface area contributed by atoms with Crippen LogP contribution in [-0.4, -0.2) is 48.3 Å². The summed E-state index contributed by atoms with van der Waals surface area (Å²) in [5.74, 6) is -0.826. The van der Waals surface area contributed by atoms with Gasteiger partial charge >= 0.3 is 0 Å². The normalized spacial score (nSPS) is 11.0. The van der Waals surface area contributed by atoms with Gasteiger partial charge < -0.3 is 15.5 Å². The van der Waals surface area contributed by atoms with Crippen molar-refractivity contribution in [2.45, 2.75) is 33.2 Å². The third-order valence-electron chi connectivity index (χ3n) is 2.69. The van der Waals surface area contributed by atoms with Gasteiger partial charge in [0.15, 0.2) is 0 Å². The average Bonchev–Trinajstić information content (AvgIpc) is 2.79. The number of carbonyl (C=O) groups excluding carboxylic acids is 3. The average molecular weight is 325 g/mol. The molecule has 7 heteroatoms. The number of likely N-dealkylation sites (N-methyl/N-ethyl adjacent to an activating group) is 1. The molecule has 1 aromatic rings. The van der Waals surface area contributed by atoms with Crippen molar-refractivity contribution in [2.24, 2.45) is 0 Å². The number of amides is 3. The Bertz CT molecular complexity index is 561. The van der Waals surface area contributed by atoms with Crippen molar-refractivity contribution < 1.29 is 14.4 Å². The van der Waals surface area contributed by atoms with E-state index in [1.54, 1.807) is 6.07 Å².